The zero-order valence-electron chi connectivity index (χ0n) is 29.4. The van der Waals surface area contributed by atoms with Crippen LogP contribution in [-0.2, 0) is 11.8 Å². The Morgan fingerprint density at radius 1 is 0.462 bits per heavy atom. The number of para-hydroxylation sites is 1. The van der Waals surface area contributed by atoms with Crippen molar-refractivity contribution in [2.75, 3.05) is 0 Å². The number of nitrogens with zero attached hydrogens (tertiary/aromatic N) is 3. The maximum Gasteiger partial charge on any atom is 0.168 e. The van der Waals surface area contributed by atoms with E-state index in [9.17, 15) is 0 Å². The normalized spacial score (nSPS) is 12.8. The van der Waals surface area contributed by atoms with Gasteiger partial charge in [0.25, 0.3) is 0 Å². The van der Waals surface area contributed by atoms with Crippen molar-refractivity contribution in [3.63, 3.8) is 0 Å². The molecular formula is C49H39N3. The van der Waals surface area contributed by atoms with Crippen molar-refractivity contribution in [2.24, 2.45) is 5.92 Å². The molecule has 7 aromatic carbocycles. The second-order valence-corrected chi connectivity index (χ2v) is 14.2. The molecular weight excluding hydrogens is 631 g/mol. The van der Waals surface area contributed by atoms with Crippen LogP contribution in [0.25, 0.3) is 50.7 Å². The summed E-state index contributed by atoms with van der Waals surface area (Å²) in [5.74, 6) is 2.24. The van der Waals surface area contributed by atoms with E-state index in [-0.39, 0.29) is 0 Å². The van der Waals surface area contributed by atoms with Crippen LogP contribution >= 0.6 is 0 Å². The quantitative estimate of drug-likeness (QED) is 0.161. The molecule has 0 radical (unpaired) electrons. The zero-order valence-corrected chi connectivity index (χ0v) is 29.4. The molecule has 1 aromatic heterocycles. The molecule has 52 heavy (non-hydrogen) atoms. The molecule has 0 aliphatic heterocycles. The topological polar surface area (TPSA) is 30.7 Å². The van der Waals surface area contributed by atoms with Crippen molar-refractivity contribution < 1.29 is 0 Å². The summed E-state index contributed by atoms with van der Waals surface area (Å²) in [7, 11) is 0. The lowest BCUT2D eigenvalue weighted by atomic mass is 9.67. The van der Waals surface area contributed by atoms with Gasteiger partial charge in [-0.25, -0.2) is 0 Å². The van der Waals surface area contributed by atoms with E-state index in [1.54, 1.807) is 0 Å². The van der Waals surface area contributed by atoms with Crippen molar-refractivity contribution >= 4 is 0 Å². The summed E-state index contributed by atoms with van der Waals surface area (Å²) in [6.45, 7) is 4.57. The fourth-order valence-corrected chi connectivity index (χ4v) is 8.20. The van der Waals surface area contributed by atoms with Gasteiger partial charge in [-0.05, 0) is 80.6 Å². The number of rotatable bonds is 8. The average molecular weight is 670 g/mol. The van der Waals surface area contributed by atoms with E-state index in [0.29, 0.717) is 5.92 Å². The maximum absolute atomic E-state index is 4.73. The first kappa shape index (κ1) is 31.6. The Balaban J connectivity index is 1.16. The number of fused-ring (bicyclic) bond motifs is 3. The SMILES string of the molecule is CC(C)Cc1ccc(C2(c3cccc(-c4ccc(-c5nnc(-c6ccccc6)n5-c5ccccc5)cc4)c3)c3ccccc3-c3ccccc32)cc1. The van der Waals surface area contributed by atoms with E-state index in [2.05, 4.69) is 181 Å². The fraction of sp³-hybridized carbons (Fsp3) is 0.102. The summed E-state index contributed by atoms with van der Waals surface area (Å²) in [6, 6.07) is 65.8. The standard InChI is InChI=1S/C49H39N3/c1-34(2)32-35-24-30-40(31-25-35)49(45-22-11-9-20-43(45)44-21-10-12-23-46(44)49)41-17-13-16-39(33-41)36-26-28-38(29-27-36)48-51-50-47(37-14-5-3-6-15-37)52(48)42-18-7-4-8-19-42/h3-31,33-34H,32H2,1-2H3. The minimum atomic E-state index is -0.445. The van der Waals surface area contributed by atoms with Crippen LogP contribution in [0.3, 0.4) is 0 Å². The van der Waals surface area contributed by atoms with E-state index in [1.807, 2.05) is 24.3 Å². The van der Waals surface area contributed by atoms with E-state index >= 15 is 0 Å². The van der Waals surface area contributed by atoms with Crippen LogP contribution in [0.2, 0.25) is 0 Å². The lowest BCUT2D eigenvalue weighted by Gasteiger charge is -2.34. The molecule has 0 bridgehead atoms. The van der Waals surface area contributed by atoms with Gasteiger partial charge in [0, 0.05) is 16.8 Å². The summed E-state index contributed by atoms with van der Waals surface area (Å²) in [5, 5.41) is 9.41. The van der Waals surface area contributed by atoms with E-state index in [4.69, 9.17) is 5.10 Å². The molecule has 0 fully saturated rings. The smallest absolute Gasteiger partial charge is 0.168 e. The van der Waals surface area contributed by atoms with Gasteiger partial charge < -0.3 is 0 Å². The molecule has 1 aliphatic rings. The van der Waals surface area contributed by atoms with Crippen LogP contribution in [-0.4, -0.2) is 14.8 Å². The molecule has 3 heteroatoms. The molecule has 0 saturated heterocycles. The minimum absolute atomic E-state index is 0.445. The Morgan fingerprint density at radius 3 is 1.60 bits per heavy atom. The molecule has 0 N–H and O–H groups in total. The molecule has 0 spiro atoms. The highest BCUT2D eigenvalue weighted by molar-refractivity contribution is 5.87. The van der Waals surface area contributed by atoms with Gasteiger partial charge in [-0.15, -0.1) is 10.2 Å². The van der Waals surface area contributed by atoms with Crippen LogP contribution in [0.5, 0.6) is 0 Å². The summed E-state index contributed by atoms with van der Waals surface area (Å²) in [4.78, 5) is 0. The number of hydrogen-bond acceptors (Lipinski definition) is 2. The van der Waals surface area contributed by atoms with Crippen LogP contribution < -0.4 is 0 Å². The van der Waals surface area contributed by atoms with Gasteiger partial charge >= 0.3 is 0 Å². The van der Waals surface area contributed by atoms with Gasteiger partial charge in [-0.2, -0.15) is 0 Å². The minimum Gasteiger partial charge on any atom is -0.275 e. The Bertz CT molecular complexity index is 2450. The lowest BCUT2D eigenvalue weighted by Crippen LogP contribution is -2.28. The first-order chi connectivity index (χ1) is 25.6. The second-order valence-electron chi connectivity index (χ2n) is 14.2. The summed E-state index contributed by atoms with van der Waals surface area (Å²) in [6.07, 6.45) is 1.07. The summed E-state index contributed by atoms with van der Waals surface area (Å²) >= 11 is 0. The Labute approximate surface area is 305 Å². The number of aromatic nitrogens is 3. The molecule has 1 heterocycles. The fourth-order valence-electron chi connectivity index (χ4n) is 8.20. The Kier molecular flexibility index (Phi) is 7.97. The van der Waals surface area contributed by atoms with Gasteiger partial charge in [-0.1, -0.05) is 178 Å². The lowest BCUT2D eigenvalue weighted by molar-refractivity contribution is 0.646. The van der Waals surface area contributed by atoms with E-state index < -0.39 is 5.41 Å². The first-order valence-electron chi connectivity index (χ1n) is 18.2. The highest BCUT2D eigenvalue weighted by Gasteiger charge is 2.46. The highest BCUT2D eigenvalue weighted by Crippen LogP contribution is 2.56. The van der Waals surface area contributed by atoms with Crippen molar-refractivity contribution in [1.29, 1.82) is 0 Å². The highest BCUT2D eigenvalue weighted by atomic mass is 15.3. The van der Waals surface area contributed by atoms with Crippen LogP contribution in [0.1, 0.15) is 41.7 Å². The molecule has 1 aliphatic carbocycles. The van der Waals surface area contributed by atoms with Gasteiger partial charge in [-0.3, -0.25) is 4.57 Å². The Morgan fingerprint density at radius 2 is 0.981 bits per heavy atom. The average Bonchev–Trinajstić information content (AvgIpc) is 3.78. The molecule has 3 nitrogen and oxygen atoms in total. The van der Waals surface area contributed by atoms with Gasteiger partial charge in [0.1, 0.15) is 0 Å². The van der Waals surface area contributed by atoms with Gasteiger partial charge in [0.15, 0.2) is 11.6 Å². The van der Waals surface area contributed by atoms with Crippen molar-refractivity contribution in [3.05, 3.63) is 210 Å². The third-order valence-corrected chi connectivity index (χ3v) is 10.5. The molecule has 9 rings (SSSR count). The van der Waals surface area contributed by atoms with E-state index in [1.165, 1.54) is 44.5 Å². The largest absolute Gasteiger partial charge is 0.275 e. The first-order valence-corrected chi connectivity index (χ1v) is 18.2. The van der Waals surface area contributed by atoms with Crippen molar-refractivity contribution in [3.8, 4) is 50.7 Å². The summed E-state index contributed by atoms with van der Waals surface area (Å²) in [5.41, 5.74) is 14.1. The third-order valence-electron chi connectivity index (χ3n) is 10.5. The van der Waals surface area contributed by atoms with E-state index in [0.717, 1.165) is 40.4 Å². The third kappa shape index (κ3) is 5.29. The predicted molar refractivity (Wildman–Crippen MR) is 214 cm³/mol. The molecule has 250 valence electrons. The monoisotopic (exact) mass is 669 g/mol. The maximum atomic E-state index is 4.73. The molecule has 8 aromatic rings. The van der Waals surface area contributed by atoms with Gasteiger partial charge in [0.05, 0.1) is 5.41 Å². The van der Waals surface area contributed by atoms with Crippen molar-refractivity contribution in [2.45, 2.75) is 25.7 Å². The van der Waals surface area contributed by atoms with Crippen LogP contribution in [0.15, 0.2) is 182 Å². The number of benzene rings is 7. The molecule has 0 amide bonds. The predicted octanol–water partition coefficient (Wildman–Crippen LogP) is 11.8. The summed E-state index contributed by atoms with van der Waals surface area (Å²) < 4.78 is 2.15. The van der Waals surface area contributed by atoms with Crippen LogP contribution in [0.4, 0.5) is 0 Å². The van der Waals surface area contributed by atoms with Crippen LogP contribution in [0, 0.1) is 5.92 Å². The zero-order chi connectivity index (χ0) is 35.1. The van der Waals surface area contributed by atoms with Gasteiger partial charge in [0.2, 0.25) is 0 Å². The second kappa shape index (κ2) is 13.1. The Hall–Kier alpha value is -6.32. The molecule has 0 atom stereocenters. The molecule has 0 unspecified atom stereocenters. The molecule has 0 saturated carbocycles. The number of hydrogen-bond donors (Lipinski definition) is 0. The van der Waals surface area contributed by atoms with Crippen molar-refractivity contribution in [1.82, 2.24) is 14.8 Å².